The maximum Gasteiger partial charge on any atom is 0.290 e. The van der Waals surface area contributed by atoms with Gasteiger partial charge in [-0.15, -0.1) is 0 Å². The molecule has 1 N–H and O–H groups in total. The second-order valence-electron chi connectivity index (χ2n) is 5.18. The molecule has 0 atom stereocenters. The monoisotopic (exact) mass is 359 g/mol. The van der Waals surface area contributed by atoms with Crippen molar-refractivity contribution in [2.24, 2.45) is 0 Å². The second kappa shape index (κ2) is 7.40. The third kappa shape index (κ3) is 4.19. The zero-order chi connectivity index (χ0) is 17.8. The van der Waals surface area contributed by atoms with Gasteiger partial charge in [-0.2, -0.15) is 0 Å². The number of imide groups is 1. The third-order valence-corrected chi connectivity index (χ3v) is 4.25. The number of methoxy groups -OCH3 is 1. The van der Waals surface area contributed by atoms with E-state index in [0.29, 0.717) is 22.0 Å². The molecule has 0 unspecified atom stereocenters. The van der Waals surface area contributed by atoms with Crippen LogP contribution >= 0.6 is 11.8 Å². The van der Waals surface area contributed by atoms with Crippen LogP contribution in [-0.2, 0) is 11.4 Å². The van der Waals surface area contributed by atoms with E-state index < -0.39 is 5.91 Å². The lowest BCUT2D eigenvalue weighted by Gasteiger charge is -2.11. The summed E-state index contributed by atoms with van der Waals surface area (Å²) < 4.78 is 23.9. The summed E-state index contributed by atoms with van der Waals surface area (Å²) in [5.41, 5.74) is 1.53. The molecule has 1 fully saturated rings. The summed E-state index contributed by atoms with van der Waals surface area (Å²) in [5.74, 6) is 0.302. The van der Waals surface area contributed by atoms with E-state index in [-0.39, 0.29) is 17.7 Å². The van der Waals surface area contributed by atoms with Gasteiger partial charge in [0.2, 0.25) is 0 Å². The van der Waals surface area contributed by atoms with E-state index in [0.717, 1.165) is 17.3 Å². The highest BCUT2D eigenvalue weighted by Gasteiger charge is 2.25. The largest absolute Gasteiger partial charge is 0.493 e. The molecule has 2 amide bonds. The molecule has 3 rings (SSSR count). The van der Waals surface area contributed by atoms with Crippen LogP contribution in [0, 0.1) is 5.82 Å². The maximum absolute atomic E-state index is 12.9. The fraction of sp³-hybridized carbons (Fsp3) is 0.111. The molecule has 0 saturated carbocycles. The molecule has 5 nitrogen and oxygen atoms in total. The lowest BCUT2D eigenvalue weighted by molar-refractivity contribution is -0.115. The van der Waals surface area contributed by atoms with Crippen LogP contribution in [0.4, 0.5) is 9.18 Å². The van der Waals surface area contributed by atoms with E-state index in [9.17, 15) is 14.0 Å². The number of carbonyl (C=O) groups is 2. The molecule has 7 heteroatoms. The quantitative estimate of drug-likeness (QED) is 0.824. The highest BCUT2D eigenvalue weighted by atomic mass is 32.2. The van der Waals surface area contributed by atoms with Crippen LogP contribution in [0.1, 0.15) is 11.1 Å². The number of hydrogen-bond donors (Lipinski definition) is 1. The lowest BCUT2D eigenvalue weighted by Crippen LogP contribution is -2.17. The van der Waals surface area contributed by atoms with Crippen LogP contribution in [0.5, 0.6) is 11.5 Å². The van der Waals surface area contributed by atoms with Crippen molar-refractivity contribution in [2.75, 3.05) is 7.11 Å². The average Bonchev–Trinajstić information content (AvgIpc) is 2.92. The van der Waals surface area contributed by atoms with Gasteiger partial charge in [0, 0.05) is 0 Å². The predicted molar refractivity (Wildman–Crippen MR) is 92.8 cm³/mol. The Labute approximate surface area is 147 Å². The highest BCUT2D eigenvalue weighted by Crippen LogP contribution is 2.32. The molecule has 2 aromatic carbocycles. The summed E-state index contributed by atoms with van der Waals surface area (Å²) in [5, 5.41) is 1.82. The van der Waals surface area contributed by atoms with E-state index in [1.165, 1.54) is 19.2 Å². The second-order valence-corrected chi connectivity index (χ2v) is 6.19. The first-order chi connectivity index (χ1) is 12.0. The van der Waals surface area contributed by atoms with Crippen molar-refractivity contribution in [3.63, 3.8) is 0 Å². The van der Waals surface area contributed by atoms with Crippen molar-refractivity contribution in [1.29, 1.82) is 0 Å². The van der Waals surface area contributed by atoms with E-state index in [1.54, 1.807) is 36.4 Å². The van der Waals surface area contributed by atoms with Crippen LogP contribution in [0.15, 0.2) is 47.4 Å². The van der Waals surface area contributed by atoms with Crippen LogP contribution in [0.25, 0.3) is 6.08 Å². The predicted octanol–water partition coefficient (Wildman–Crippen LogP) is 3.74. The number of benzene rings is 2. The zero-order valence-corrected chi connectivity index (χ0v) is 14.1. The third-order valence-electron chi connectivity index (χ3n) is 3.44. The maximum atomic E-state index is 12.9. The molecule has 25 heavy (non-hydrogen) atoms. The lowest BCUT2D eigenvalue weighted by atomic mass is 10.2. The summed E-state index contributed by atoms with van der Waals surface area (Å²) in [4.78, 5) is 23.1. The summed E-state index contributed by atoms with van der Waals surface area (Å²) in [6.45, 7) is 0.268. The molecule has 2 aromatic rings. The highest BCUT2D eigenvalue weighted by molar-refractivity contribution is 8.18. The van der Waals surface area contributed by atoms with Crippen molar-refractivity contribution in [3.8, 4) is 11.5 Å². The standard InChI is InChI=1S/C18H14FNO4S/c1-23-15-8-12(9-16-17(21)20-18(22)25-16)4-7-14(15)24-10-11-2-5-13(19)6-3-11/h2-9H,10H2,1H3,(H,20,21,22)/b16-9-. The Morgan fingerprint density at radius 2 is 1.88 bits per heavy atom. The molecule has 1 aliphatic rings. The van der Waals surface area contributed by atoms with Gasteiger partial charge in [0.25, 0.3) is 11.1 Å². The first-order valence-electron chi connectivity index (χ1n) is 7.35. The van der Waals surface area contributed by atoms with Gasteiger partial charge in [0.1, 0.15) is 12.4 Å². The molecule has 1 aliphatic heterocycles. The molecule has 128 valence electrons. The minimum absolute atomic E-state index is 0.268. The number of rotatable bonds is 5. The van der Waals surface area contributed by atoms with Crippen LogP contribution in [-0.4, -0.2) is 18.3 Å². The Balaban J connectivity index is 1.75. The summed E-state index contributed by atoms with van der Waals surface area (Å²) in [7, 11) is 1.51. The fourth-order valence-electron chi connectivity index (χ4n) is 2.21. The van der Waals surface area contributed by atoms with E-state index in [1.807, 2.05) is 0 Å². The normalized spacial score (nSPS) is 15.4. The summed E-state index contributed by atoms with van der Waals surface area (Å²) >= 11 is 0.854. The number of carbonyl (C=O) groups excluding carboxylic acids is 2. The first kappa shape index (κ1) is 17.0. The Hall–Kier alpha value is -2.80. The SMILES string of the molecule is COc1cc(/C=C2\SC(=O)NC2=O)ccc1OCc1ccc(F)cc1. The molecule has 1 saturated heterocycles. The molecule has 0 aliphatic carbocycles. The molecule has 0 aromatic heterocycles. The van der Waals surface area contributed by atoms with Gasteiger partial charge in [0.05, 0.1) is 12.0 Å². The molecular formula is C18H14FNO4S. The molecule has 1 heterocycles. The van der Waals surface area contributed by atoms with Gasteiger partial charge in [-0.3, -0.25) is 14.9 Å². The topological polar surface area (TPSA) is 64.6 Å². The number of nitrogens with one attached hydrogen (secondary N) is 1. The molecule has 0 radical (unpaired) electrons. The Morgan fingerprint density at radius 3 is 2.52 bits per heavy atom. The van der Waals surface area contributed by atoms with Gasteiger partial charge in [-0.1, -0.05) is 18.2 Å². The minimum Gasteiger partial charge on any atom is -0.493 e. The van der Waals surface area contributed by atoms with Gasteiger partial charge in [-0.05, 0) is 53.2 Å². The van der Waals surface area contributed by atoms with Crippen molar-refractivity contribution in [1.82, 2.24) is 5.32 Å². The van der Waals surface area contributed by atoms with Gasteiger partial charge < -0.3 is 9.47 Å². The van der Waals surface area contributed by atoms with Crippen molar-refractivity contribution < 1.29 is 23.5 Å². The van der Waals surface area contributed by atoms with E-state index in [2.05, 4.69) is 5.32 Å². The fourth-order valence-corrected chi connectivity index (χ4v) is 2.89. The van der Waals surface area contributed by atoms with Gasteiger partial charge >= 0.3 is 0 Å². The van der Waals surface area contributed by atoms with Crippen molar-refractivity contribution in [2.45, 2.75) is 6.61 Å². The minimum atomic E-state index is -0.411. The number of ether oxygens (including phenoxy) is 2. The van der Waals surface area contributed by atoms with Crippen molar-refractivity contribution >= 4 is 29.0 Å². The number of thioether (sulfide) groups is 1. The molecular weight excluding hydrogens is 345 g/mol. The number of amides is 2. The van der Waals surface area contributed by atoms with Gasteiger partial charge in [0.15, 0.2) is 11.5 Å². The Morgan fingerprint density at radius 1 is 1.12 bits per heavy atom. The van der Waals surface area contributed by atoms with Crippen LogP contribution in [0.2, 0.25) is 0 Å². The number of hydrogen-bond acceptors (Lipinski definition) is 5. The molecule has 0 bridgehead atoms. The average molecular weight is 359 g/mol. The molecule has 0 spiro atoms. The zero-order valence-electron chi connectivity index (χ0n) is 13.2. The van der Waals surface area contributed by atoms with Crippen LogP contribution < -0.4 is 14.8 Å². The number of halogens is 1. The first-order valence-corrected chi connectivity index (χ1v) is 8.17. The van der Waals surface area contributed by atoms with E-state index >= 15 is 0 Å². The Bertz CT molecular complexity index is 849. The Kier molecular flexibility index (Phi) is 5.04. The van der Waals surface area contributed by atoms with Crippen molar-refractivity contribution in [3.05, 3.63) is 64.3 Å². The summed E-state index contributed by atoms with van der Waals surface area (Å²) in [6, 6.07) is 11.2. The smallest absolute Gasteiger partial charge is 0.290 e. The van der Waals surface area contributed by atoms with E-state index in [4.69, 9.17) is 9.47 Å². The van der Waals surface area contributed by atoms with Gasteiger partial charge in [-0.25, -0.2) is 4.39 Å². The van der Waals surface area contributed by atoms with Crippen LogP contribution in [0.3, 0.4) is 0 Å². The summed E-state index contributed by atoms with van der Waals surface area (Å²) in [6.07, 6.45) is 1.61.